The summed E-state index contributed by atoms with van der Waals surface area (Å²) in [6.45, 7) is 6.80. The number of aryl methyl sites for hydroxylation is 2. The Balaban J connectivity index is 1.93. The summed E-state index contributed by atoms with van der Waals surface area (Å²) >= 11 is 6.15. The van der Waals surface area contributed by atoms with E-state index in [4.69, 9.17) is 21.1 Å². The normalized spacial score (nSPS) is 15.4. The highest BCUT2D eigenvalue weighted by Crippen LogP contribution is 2.29. The molecule has 150 valence electrons. The number of rotatable bonds is 4. The second kappa shape index (κ2) is 8.21. The molecule has 0 aliphatic carbocycles. The van der Waals surface area contributed by atoms with Crippen LogP contribution in [0.25, 0.3) is 0 Å². The molecule has 0 atom stereocenters. The predicted molar refractivity (Wildman–Crippen MR) is 107 cm³/mol. The van der Waals surface area contributed by atoms with E-state index >= 15 is 0 Å². The maximum atomic E-state index is 12.9. The first kappa shape index (κ1) is 20.8. The molecule has 2 aromatic rings. The van der Waals surface area contributed by atoms with E-state index in [2.05, 4.69) is 0 Å². The van der Waals surface area contributed by atoms with E-state index in [9.17, 15) is 13.2 Å². The molecule has 3 rings (SSSR count). The van der Waals surface area contributed by atoms with Gasteiger partial charge in [0.15, 0.2) is 0 Å². The molecule has 2 aromatic carbocycles. The van der Waals surface area contributed by atoms with Gasteiger partial charge in [-0.3, -0.25) is 0 Å². The Morgan fingerprint density at radius 2 is 1.71 bits per heavy atom. The molecule has 1 aliphatic heterocycles. The van der Waals surface area contributed by atoms with Crippen LogP contribution in [0, 0.1) is 20.8 Å². The SMILES string of the molecule is Cc1ccc(C)c(OC(=O)c2ccc(Cl)c(S(=O)(=O)N3CCOCC3)c2)c1C. The van der Waals surface area contributed by atoms with Crippen LogP contribution in [0.15, 0.2) is 35.2 Å². The first-order valence-corrected chi connectivity index (χ1v) is 10.7. The monoisotopic (exact) mass is 423 g/mol. The van der Waals surface area contributed by atoms with Gasteiger partial charge in [0.1, 0.15) is 10.6 Å². The van der Waals surface area contributed by atoms with E-state index in [-0.39, 0.29) is 28.6 Å². The molecule has 0 spiro atoms. The predicted octanol–water partition coefficient (Wildman–Crippen LogP) is 3.51. The van der Waals surface area contributed by atoms with Crippen LogP contribution in [0.5, 0.6) is 5.75 Å². The van der Waals surface area contributed by atoms with E-state index in [1.807, 2.05) is 32.9 Å². The Labute approximate surface area is 170 Å². The second-order valence-corrected chi connectivity index (χ2v) is 9.02. The molecule has 1 fully saturated rings. The molecule has 1 saturated heterocycles. The van der Waals surface area contributed by atoms with Crippen molar-refractivity contribution < 1.29 is 22.7 Å². The number of esters is 1. The quantitative estimate of drug-likeness (QED) is 0.555. The highest BCUT2D eigenvalue weighted by atomic mass is 35.5. The minimum atomic E-state index is -3.83. The van der Waals surface area contributed by atoms with Gasteiger partial charge < -0.3 is 9.47 Å². The standard InChI is InChI=1S/C20H22ClNO5S/c1-13-4-5-14(2)19(15(13)3)27-20(23)16-6-7-17(21)18(12-16)28(24,25)22-8-10-26-11-9-22/h4-7,12H,8-11H2,1-3H3. The van der Waals surface area contributed by atoms with Gasteiger partial charge in [-0.15, -0.1) is 0 Å². The van der Waals surface area contributed by atoms with Crippen LogP contribution in [0.3, 0.4) is 0 Å². The fourth-order valence-electron chi connectivity index (χ4n) is 2.99. The van der Waals surface area contributed by atoms with Crippen LogP contribution in [-0.2, 0) is 14.8 Å². The molecule has 0 amide bonds. The zero-order valence-corrected chi connectivity index (χ0v) is 17.6. The maximum absolute atomic E-state index is 12.9. The van der Waals surface area contributed by atoms with Crippen molar-refractivity contribution >= 4 is 27.6 Å². The molecule has 28 heavy (non-hydrogen) atoms. The maximum Gasteiger partial charge on any atom is 0.343 e. The summed E-state index contributed by atoms with van der Waals surface area (Å²) in [4.78, 5) is 12.6. The number of halogens is 1. The van der Waals surface area contributed by atoms with Crippen molar-refractivity contribution in [1.82, 2.24) is 4.31 Å². The van der Waals surface area contributed by atoms with Crippen LogP contribution in [-0.4, -0.2) is 45.0 Å². The van der Waals surface area contributed by atoms with E-state index in [0.29, 0.717) is 19.0 Å². The molecule has 0 radical (unpaired) electrons. The summed E-state index contributed by atoms with van der Waals surface area (Å²) in [7, 11) is -3.83. The number of benzene rings is 2. The topological polar surface area (TPSA) is 72.9 Å². The first-order valence-electron chi connectivity index (χ1n) is 8.88. The number of carbonyl (C=O) groups is 1. The Bertz CT molecular complexity index is 1010. The van der Waals surface area contributed by atoms with E-state index in [1.165, 1.54) is 22.5 Å². The summed E-state index contributed by atoms with van der Waals surface area (Å²) in [5.41, 5.74) is 2.81. The van der Waals surface area contributed by atoms with Crippen molar-refractivity contribution in [3.05, 3.63) is 57.6 Å². The van der Waals surface area contributed by atoms with E-state index < -0.39 is 16.0 Å². The zero-order chi connectivity index (χ0) is 20.5. The molecule has 0 saturated carbocycles. The van der Waals surface area contributed by atoms with E-state index in [0.717, 1.165) is 16.7 Å². The minimum Gasteiger partial charge on any atom is -0.422 e. The molecule has 8 heteroatoms. The molecular formula is C20H22ClNO5S. The lowest BCUT2D eigenvalue weighted by molar-refractivity contribution is 0.0726. The summed E-state index contributed by atoms with van der Waals surface area (Å²) < 4.78 is 38.0. The molecule has 1 heterocycles. The van der Waals surface area contributed by atoms with E-state index in [1.54, 1.807) is 0 Å². The minimum absolute atomic E-state index is 0.0611. The van der Waals surface area contributed by atoms with Crippen molar-refractivity contribution in [1.29, 1.82) is 0 Å². The number of ether oxygens (including phenoxy) is 2. The largest absolute Gasteiger partial charge is 0.422 e. The smallest absolute Gasteiger partial charge is 0.343 e. The number of hydrogen-bond donors (Lipinski definition) is 0. The average molecular weight is 424 g/mol. The van der Waals surface area contributed by atoms with Gasteiger partial charge in [-0.1, -0.05) is 23.7 Å². The van der Waals surface area contributed by atoms with Crippen LogP contribution in [0.4, 0.5) is 0 Å². The van der Waals surface area contributed by atoms with Crippen LogP contribution in [0.2, 0.25) is 5.02 Å². The Morgan fingerprint density at radius 1 is 1.07 bits per heavy atom. The third-order valence-electron chi connectivity index (χ3n) is 4.82. The molecule has 1 aliphatic rings. The number of sulfonamides is 1. The molecule has 0 unspecified atom stereocenters. The number of nitrogens with zero attached hydrogens (tertiary/aromatic N) is 1. The van der Waals surface area contributed by atoms with Gasteiger partial charge in [0.25, 0.3) is 0 Å². The first-order chi connectivity index (χ1) is 13.2. The third-order valence-corrected chi connectivity index (χ3v) is 7.20. The van der Waals surface area contributed by atoms with Gasteiger partial charge in [-0.05, 0) is 55.7 Å². The highest BCUT2D eigenvalue weighted by Gasteiger charge is 2.29. The van der Waals surface area contributed by atoms with Crippen molar-refractivity contribution in [3.63, 3.8) is 0 Å². The Kier molecular flexibility index (Phi) is 6.09. The molecule has 0 N–H and O–H groups in total. The Hall–Kier alpha value is -1.93. The van der Waals surface area contributed by atoms with Crippen LogP contribution in [0.1, 0.15) is 27.0 Å². The van der Waals surface area contributed by atoms with Gasteiger partial charge in [0.05, 0.1) is 23.8 Å². The summed E-state index contributed by atoms with van der Waals surface area (Å²) in [6, 6.07) is 7.97. The van der Waals surface area contributed by atoms with Gasteiger partial charge in [-0.2, -0.15) is 4.31 Å². The fourth-order valence-corrected chi connectivity index (χ4v) is 4.90. The van der Waals surface area contributed by atoms with Gasteiger partial charge in [0.2, 0.25) is 10.0 Å². The highest BCUT2D eigenvalue weighted by molar-refractivity contribution is 7.89. The van der Waals surface area contributed by atoms with Crippen molar-refractivity contribution in [2.24, 2.45) is 0 Å². The molecule has 0 bridgehead atoms. The average Bonchev–Trinajstić information content (AvgIpc) is 2.69. The lowest BCUT2D eigenvalue weighted by atomic mass is 10.1. The molecule has 6 nitrogen and oxygen atoms in total. The number of carbonyl (C=O) groups excluding carboxylic acids is 1. The van der Waals surface area contributed by atoms with Crippen LogP contribution >= 0.6 is 11.6 Å². The third kappa shape index (κ3) is 4.07. The van der Waals surface area contributed by atoms with Gasteiger partial charge in [-0.25, -0.2) is 13.2 Å². The summed E-state index contributed by atoms with van der Waals surface area (Å²) in [5, 5.41) is 0.0611. The number of morpholine rings is 1. The lowest BCUT2D eigenvalue weighted by Crippen LogP contribution is -2.40. The zero-order valence-electron chi connectivity index (χ0n) is 16.0. The molecular weight excluding hydrogens is 402 g/mol. The summed E-state index contributed by atoms with van der Waals surface area (Å²) in [5.74, 6) is -0.149. The summed E-state index contributed by atoms with van der Waals surface area (Å²) in [6.07, 6.45) is 0. The van der Waals surface area contributed by atoms with Crippen molar-refractivity contribution in [2.45, 2.75) is 25.7 Å². The van der Waals surface area contributed by atoms with Crippen molar-refractivity contribution in [3.8, 4) is 5.75 Å². The Morgan fingerprint density at radius 3 is 2.39 bits per heavy atom. The van der Waals surface area contributed by atoms with Crippen LogP contribution < -0.4 is 4.74 Å². The second-order valence-electron chi connectivity index (χ2n) is 6.70. The molecule has 0 aromatic heterocycles. The van der Waals surface area contributed by atoms with Gasteiger partial charge in [0, 0.05) is 13.1 Å². The fraction of sp³-hybridized carbons (Fsp3) is 0.350. The lowest BCUT2D eigenvalue weighted by Gasteiger charge is -2.26. The van der Waals surface area contributed by atoms with Gasteiger partial charge >= 0.3 is 5.97 Å². The van der Waals surface area contributed by atoms with Crippen molar-refractivity contribution in [2.75, 3.05) is 26.3 Å². The number of hydrogen-bond acceptors (Lipinski definition) is 5.